The van der Waals surface area contributed by atoms with Crippen molar-refractivity contribution in [1.82, 2.24) is 0 Å². The van der Waals surface area contributed by atoms with E-state index in [1.807, 2.05) is 18.2 Å². The van der Waals surface area contributed by atoms with E-state index in [4.69, 9.17) is 15.2 Å². The summed E-state index contributed by atoms with van der Waals surface area (Å²) in [4.78, 5) is 0. The second kappa shape index (κ2) is 7.18. The van der Waals surface area contributed by atoms with Crippen molar-refractivity contribution in [2.45, 2.75) is 38.4 Å². The molecule has 0 heterocycles. The van der Waals surface area contributed by atoms with Gasteiger partial charge in [-0.2, -0.15) is 0 Å². The quantitative estimate of drug-likeness (QED) is 0.845. The number of rotatable bonds is 4. The molecule has 2 N–H and O–H groups in total. The third-order valence-electron chi connectivity index (χ3n) is 3.41. The fraction of sp³-hybridized carbons (Fsp3) is 0.500. The van der Waals surface area contributed by atoms with Gasteiger partial charge in [0.2, 0.25) is 0 Å². The first-order valence-electron chi connectivity index (χ1n) is 6.81. The van der Waals surface area contributed by atoms with Crippen LogP contribution >= 0.6 is 0 Å². The summed E-state index contributed by atoms with van der Waals surface area (Å²) in [6, 6.07) is 5.88. The molecule has 0 saturated heterocycles. The molecule has 1 aromatic rings. The highest BCUT2D eigenvalue weighted by Crippen LogP contribution is 2.24. The molecular formula is C16H21NO2. The fourth-order valence-electron chi connectivity index (χ4n) is 2.35. The van der Waals surface area contributed by atoms with Gasteiger partial charge in [0.05, 0.1) is 26.4 Å². The van der Waals surface area contributed by atoms with Crippen LogP contribution in [0.15, 0.2) is 18.2 Å². The average Bonchev–Trinajstić information content (AvgIpc) is 2.96. The molecule has 2 rings (SSSR count). The van der Waals surface area contributed by atoms with Gasteiger partial charge in [0.1, 0.15) is 5.75 Å². The van der Waals surface area contributed by atoms with Crippen LogP contribution in [0.3, 0.4) is 0 Å². The number of hydrogen-bond acceptors (Lipinski definition) is 3. The molecule has 3 nitrogen and oxygen atoms in total. The first kappa shape index (κ1) is 13.9. The zero-order valence-corrected chi connectivity index (χ0v) is 11.4. The lowest BCUT2D eigenvalue weighted by Gasteiger charge is -2.13. The Bertz CT molecular complexity index is 467. The largest absolute Gasteiger partial charge is 0.497 e. The Kier molecular flexibility index (Phi) is 5.26. The molecule has 0 unspecified atom stereocenters. The van der Waals surface area contributed by atoms with E-state index < -0.39 is 0 Å². The molecule has 0 amide bonds. The van der Waals surface area contributed by atoms with Gasteiger partial charge in [0, 0.05) is 5.56 Å². The van der Waals surface area contributed by atoms with Crippen LogP contribution in [-0.4, -0.2) is 19.8 Å². The number of ether oxygens (including phenoxy) is 2. The minimum Gasteiger partial charge on any atom is -0.497 e. The van der Waals surface area contributed by atoms with Crippen molar-refractivity contribution in [3.8, 4) is 17.6 Å². The Hall–Kier alpha value is -1.50. The van der Waals surface area contributed by atoms with Crippen molar-refractivity contribution in [3.63, 3.8) is 0 Å². The molecular weight excluding hydrogens is 238 g/mol. The molecule has 0 atom stereocenters. The summed E-state index contributed by atoms with van der Waals surface area (Å²) >= 11 is 0. The number of nitrogens with two attached hydrogens (primary N) is 1. The zero-order valence-electron chi connectivity index (χ0n) is 11.4. The van der Waals surface area contributed by atoms with Crippen LogP contribution in [0.1, 0.15) is 36.8 Å². The Balaban J connectivity index is 2.09. The van der Waals surface area contributed by atoms with Gasteiger partial charge < -0.3 is 15.2 Å². The van der Waals surface area contributed by atoms with Crippen molar-refractivity contribution in [1.29, 1.82) is 0 Å². The summed E-state index contributed by atoms with van der Waals surface area (Å²) in [5.41, 5.74) is 7.48. The van der Waals surface area contributed by atoms with Crippen LogP contribution in [-0.2, 0) is 11.3 Å². The van der Waals surface area contributed by atoms with Crippen molar-refractivity contribution >= 4 is 0 Å². The lowest BCUT2D eigenvalue weighted by molar-refractivity contribution is 0.0455. The molecule has 102 valence electrons. The van der Waals surface area contributed by atoms with E-state index in [0.717, 1.165) is 16.9 Å². The molecule has 1 aromatic carbocycles. The smallest absolute Gasteiger partial charge is 0.119 e. The maximum absolute atomic E-state index is 5.95. The van der Waals surface area contributed by atoms with Gasteiger partial charge in [-0.25, -0.2) is 0 Å². The third-order valence-corrected chi connectivity index (χ3v) is 3.41. The second-order valence-corrected chi connectivity index (χ2v) is 4.75. The predicted octanol–water partition coefficient (Wildman–Crippen LogP) is 2.46. The number of methoxy groups -OCH3 is 1. The van der Waals surface area contributed by atoms with Crippen LogP contribution in [0.2, 0.25) is 0 Å². The summed E-state index contributed by atoms with van der Waals surface area (Å²) in [5, 5.41) is 0. The number of benzene rings is 1. The first-order valence-corrected chi connectivity index (χ1v) is 6.81. The molecule has 1 fully saturated rings. The van der Waals surface area contributed by atoms with E-state index in [2.05, 4.69) is 11.8 Å². The Morgan fingerprint density at radius 3 is 2.79 bits per heavy atom. The second-order valence-electron chi connectivity index (χ2n) is 4.75. The molecule has 1 saturated carbocycles. The van der Waals surface area contributed by atoms with Crippen LogP contribution in [0.25, 0.3) is 0 Å². The van der Waals surface area contributed by atoms with Gasteiger partial charge in [0.25, 0.3) is 0 Å². The van der Waals surface area contributed by atoms with Crippen LogP contribution in [0.5, 0.6) is 5.75 Å². The lowest BCUT2D eigenvalue weighted by Crippen LogP contribution is -2.08. The zero-order chi connectivity index (χ0) is 13.5. The monoisotopic (exact) mass is 259 g/mol. The fourth-order valence-corrected chi connectivity index (χ4v) is 2.35. The highest BCUT2D eigenvalue weighted by Gasteiger charge is 2.16. The highest BCUT2D eigenvalue weighted by atomic mass is 16.5. The topological polar surface area (TPSA) is 44.5 Å². The van der Waals surface area contributed by atoms with E-state index >= 15 is 0 Å². The van der Waals surface area contributed by atoms with E-state index in [0.29, 0.717) is 19.3 Å². The van der Waals surface area contributed by atoms with Crippen molar-refractivity contribution in [3.05, 3.63) is 29.3 Å². The molecule has 1 aliphatic carbocycles. The minimum absolute atomic E-state index is 0.370. The molecule has 0 aliphatic heterocycles. The van der Waals surface area contributed by atoms with Gasteiger partial charge in [-0.05, 0) is 36.6 Å². The van der Waals surface area contributed by atoms with Crippen molar-refractivity contribution < 1.29 is 9.47 Å². The predicted molar refractivity (Wildman–Crippen MR) is 76.0 cm³/mol. The lowest BCUT2D eigenvalue weighted by atomic mass is 10.1. The van der Waals surface area contributed by atoms with E-state index in [-0.39, 0.29) is 0 Å². The third kappa shape index (κ3) is 3.99. The van der Waals surface area contributed by atoms with Crippen molar-refractivity contribution in [2.24, 2.45) is 5.73 Å². The molecule has 3 heteroatoms. The van der Waals surface area contributed by atoms with E-state index in [1.165, 1.54) is 25.7 Å². The minimum atomic E-state index is 0.370. The summed E-state index contributed by atoms with van der Waals surface area (Å²) < 4.78 is 11.2. The Morgan fingerprint density at radius 2 is 2.11 bits per heavy atom. The molecule has 0 spiro atoms. The normalized spacial score (nSPS) is 15.1. The summed E-state index contributed by atoms with van der Waals surface area (Å²) in [5.74, 6) is 6.82. The average molecular weight is 259 g/mol. The SMILES string of the molecule is COc1ccc(C#CCN)c(COC2CCCC2)c1. The van der Waals surface area contributed by atoms with Crippen LogP contribution < -0.4 is 10.5 Å². The molecule has 0 aromatic heterocycles. The summed E-state index contributed by atoms with van der Waals surface area (Å²) in [6.07, 6.45) is 5.31. The molecule has 1 aliphatic rings. The standard InChI is InChI=1S/C16H21NO2/c1-18-16-9-8-13(5-4-10-17)14(11-16)12-19-15-6-2-3-7-15/h8-9,11,15H,2-3,6-7,10,12,17H2,1H3. The highest BCUT2D eigenvalue weighted by molar-refractivity contribution is 5.45. The first-order chi connectivity index (χ1) is 9.33. The number of hydrogen-bond donors (Lipinski definition) is 1. The van der Waals surface area contributed by atoms with Gasteiger partial charge in [-0.15, -0.1) is 0 Å². The van der Waals surface area contributed by atoms with Crippen LogP contribution in [0.4, 0.5) is 0 Å². The van der Waals surface area contributed by atoms with Crippen LogP contribution in [0, 0.1) is 11.8 Å². The molecule has 0 bridgehead atoms. The Morgan fingerprint density at radius 1 is 1.32 bits per heavy atom. The van der Waals surface area contributed by atoms with Gasteiger partial charge in [-0.1, -0.05) is 24.7 Å². The van der Waals surface area contributed by atoms with E-state index in [1.54, 1.807) is 7.11 Å². The maximum Gasteiger partial charge on any atom is 0.119 e. The van der Waals surface area contributed by atoms with E-state index in [9.17, 15) is 0 Å². The van der Waals surface area contributed by atoms with Crippen molar-refractivity contribution in [2.75, 3.05) is 13.7 Å². The summed E-state index contributed by atoms with van der Waals surface area (Å²) in [6.45, 7) is 0.964. The molecule has 19 heavy (non-hydrogen) atoms. The Labute approximate surface area is 115 Å². The maximum atomic E-state index is 5.95. The van der Waals surface area contributed by atoms with Gasteiger partial charge in [-0.3, -0.25) is 0 Å². The summed E-state index contributed by atoms with van der Waals surface area (Å²) in [7, 11) is 1.67. The van der Waals surface area contributed by atoms with Gasteiger partial charge >= 0.3 is 0 Å². The molecule has 0 radical (unpaired) electrons. The van der Waals surface area contributed by atoms with Gasteiger partial charge in [0.15, 0.2) is 0 Å².